The summed E-state index contributed by atoms with van der Waals surface area (Å²) in [7, 11) is 0. The summed E-state index contributed by atoms with van der Waals surface area (Å²) in [6, 6.07) is 19.4. The summed E-state index contributed by atoms with van der Waals surface area (Å²) in [5.41, 5.74) is 0.659. The number of carbonyl (C=O) groups excluding carboxylic acids is 2. The lowest BCUT2D eigenvalue weighted by molar-refractivity contribution is -0.136. The Labute approximate surface area is 207 Å². The molecule has 1 spiro atoms. The van der Waals surface area contributed by atoms with E-state index >= 15 is 0 Å². The van der Waals surface area contributed by atoms with Gasteiger partial charge in [-0.3, -0.25) is 14.5 Å². The molecule has 0 aromatic heterocycles. The van der Waals surface area contributed by atoms with Crippen LogP contribution in [0.5, 0.6) is 0 Å². The van der Waals surface area contributed by atoms with Crippen LogP contribution in [-0.2, 0) is 4.79 Å². The third-order valence-electron chi connectivity index (χ3n) is 8.91. The van der Waals surface area contributed by atoms with Gasteiger partial charge < -0.3 is 9.80 Å². The molecule has 2 amide bonds. The zero-order valence-electron chi connectivity index (χ0n) is 20.9. The fraction of sp³-hybridized carbons (Fsp3) is 0.467. The van der Waals surface area contributed by atoms with Crippen molar-refractivity contribution >= 4 is 33.4 Å². The van der Waals surface area contributed by atoms with Gasteiger partial charge in [0.15, 0.2) is 0 Å². The first-order chi connectivity index (χ1) is 17.0. The summed E-state index contributed by atoms with van der Waals surface area (Å²) in [6.07, 6.45) is 3.92. The van der Waals surface area contributed by atoms with Crippen LogP contribution in [-0.4, -0.2) is 71.3 Å². The normalized spacial score (nSPS) is 26.0. The van der Waals surface area contributed by atoms with Crippen molar-refractivity contribution in [1.82, 2.24) is 14.7 Å². The van der Waals surface area contributed by atoms with Gasteiger partial charge in [0.25, 0.3) is 5.91 Å². The predicted molar refractivity (Wildman–Crippen MR) is 140 cm³/mol. The summed E-state index contributed by atoms with van der Waals surface area (Å²) >= 11 is 0. The van der Waals surface area contributed by atoms with Gasteiger partial charge in [-0.15, -0.1) is 0 Å². The Bertz CT molecular complexity index is 1240. The van der Waals surface area contributed by atoms with Crippen LogP contribution in [0.15, 0.2) is 54.6 Å². The highest BCUT2D eigenvalue weighted by Crippen LogP contribution is 2.44. The van der Waals surface area contributed by atoms with Gasteiger partial charge in [-0.1, -0.05) is 48.5 Å². The molecule has 3 aliphatic rings. The first-order valence-corrected chi connectivity index (χ1v) is 13.3. The van der Waals surface area contributed by atoms with Crippen LogP contribution in [0, 0.1) is 5.41 Å². The minimum Gasteiger partial charge on any atom is -0.340 e. The van der Waals surface area contributed by atoms with E-state index in [2.05, 4.69) is 58.9 Å². The number of hydrogen-bond donors (Lipinski definition) is 0. The van der Waals surface area contributed by atoms with Gasteiger partial charge in [0.1, 0.15) is 0 Å². The Morgan fingerprint density at radius 1 is 0.971 bits per heavy atom. The molecule has 5 nitrogen and oxygen atoms in total. The number of hydrogen-bond acceptors (Lipinski definition) is 3. The molecular weight excluding hydrogens is 434 g/mol. The predicted octanol–water partition coefficient (Wildman–Crippen LogP) is 4.93. The molecule has 35 heavy (non-hydrogen) atoms. The van der Waals surface area contributed by atoms with E-state index in [4.69, 9.17) is 0 Å². The SMILES string of the molecule is CCN1C(=O)C2(CCN(C3CCN(C(=O)c4c5ccccc5cc5ccccc45)CC3)C2)CC1C. The quantitative estimate of drug-likeness (QED) is 0.511. The summed E-state index contributed by atoms with van der Waals surface area (Å²) in [4.78, 5) is 33.7. The molecule has 3 aromatic rings. The van der Waals surface area contributed by atoms with Gasteiger partial charge in [0.05, 0.1) is 11.0 Å². The molecule has 0 aliphatic carbocycles. The summed E-state index contributed by atoms with van der Waals surface area (Å²) < 4.78 is 0. The van der Waals surface area contributed by atoms with Crippen molar-refractivity contribution in [2.45, 2.75) is 51.6 Å². The Hall–Kier alpha value is -2.92. The third kappa shape index (κ3) is 3.63. The minimum absolute atomic E-state index is 0.146. The zero-order valence-corrected chi connectivity index (χ0v) is 20.9. The number of amides is 2. The standard InChI is InChI=1S/C30H35N3O2/c1-3-33-21(2)19-30(29(33)35)14-17-32(20-30)24-12-15-31(16-13-24)28(34)27-25-10-6-4-8-22(25)18-23-9-5-7-11-26(23)27/h4-11,18,21,24H,3,12-17,19-20H2,1-2H3. The van der Waals surface area contributed by atoms with Crippen LogP contribution in [0.4, 0.5) is 0 Å². The van der Waals surface area contributed by atoms with Gasteiger partial charge in [0.2, 0.25) is 5.91 Å². The molecule has 3 aromatic carbocycles. The largest absolute Gasteiger partial charge is 0.340 e. The molecule has 2 atom stereocenters. The average molecular weight is 470 g/mol. The lowest BCUT2D eigenvalue weighted by Gasteiger charge is -2.37. The van der Waals surface area contributed by atoms with E-state index in [0.29, 0.717) is 18.0 Å². The third-order valence-corrected chi connectivity index (χ3v) is 8.91. The van der Waals surface area contributed by atoms with Gasteiger partial charge in [-0.05, 0) is 73.7 Å². The van der Waals surface area contributed by atoms with Gasteiger partial charge in [-0.2, -0.15) is 0 Å². The van der Waals surface area contributed by atoms with Crippen molar-refractivity contribution in [3.05, 3.63) is 60.2 Å². The van der Waals surface area contributed by atoms with E-state index in [1.165, 1.54) is 0 Å². The van der Waals surface area contributed by atoms with E-state index in [0.717, 1.165) is 85.5 Å². The van der Waals surface area contributed by atoms with E-state index in [1.807, 2.05) is 24.3 Å². The highest BCUT2D eigenvalue weighted by atomic mass is 16.2. The van der Waals surface area contributed by atoms with E-state index in [-0.39, 0.29) is 11.3 Å². The second kappa shape index (κ2) is 8.63. The first kappa shape index (κ1) is 22.5. The van der Waals surface area contributed by atoms with Gasteiger partial charge >= 0.3 is 0 Å². The molecule has 3 heterocycles. The molecule has 3 aliphatic heterocycles. The van der Waals surface area contributed by atoms with Crippen molar-refractivity contribution < 1.29 is 9.59 Å². The topological polar surface area (TPSA) is 43.9 Å². The number of likely N-dealkylation sites (tertiary alicyclic amines) is 3. The highest BCUT2D eigenvalue weighted by molar-refractivity contribution is 6.18. The molecule has 5 heteroatoms. The van der Waals surface area contributed by atoms with Crippen LogP contribution < -0.4 is 0 Å². The average Bonchev–Trinajstić information content (AvgIpc) is 3.42. The Morgan fingerprint density at radius 2 is 1.60 bits per heavy atom. The summed E-state index contributed by atoms with van der Waals surface area (Å²) in [5, 5.41) is 4.30. The summed E-state index contributed by atoms with van der Waals surface area (Å²) in [6.45, 7) is 8.53. The fourth-order valence-corrected chi connectivity index (χ4v) is 7.12. The molecule has 3 saturated heterocycles. The molecule has 182 valence electrons. The zero-order chi connectivity index (χ0) is 24.2. The number of piperidine rings is 1. The van der Waals surface area contributed by atoms with E-state index in [1.54, 1.807) is 0 Å². The monoisotopic (exact) mass is 469 g/mol. The maximum absolute atomic E-state index is 13.9. The van der Waals surface area contributed by atoms with Crippen molar-refractivity contribution in [3.8, 4) is 0 Å². The number of carbonyl (C=O) groups is 2. The van der Waals surface area contributed by atoms with E-state index < -0.39 is 0 Å². The fourth-order valence-electron chi connectivity index (χ4n) is 7.12. The van der Waals surface area contributed by atoms with Gasteiger partial charge in [0, 0.05) is 38.3 Å². The lowest BCUT2D eigenvalue weighted by Crippen LogP contribution is -2.47. The van der Waals surface area contributed by atoms with Crippen molar-refractivity contribution in [1.29, 1.82) is 0 Å². The maximum atomic E-state index is 13.9. The molecule has 0 bridgehead atoms. The van der Waals surface area contributed by atoms with E-state index in [9.17, 15) is 9.59 Å². The molecule has 0 N–H and O–H groups in total. The maximum Gasteiger partial charge on any atom is 0.255 e. The minimum atomic E-state index is -0.176. The molecule has 0 radical (unpaired) electrons. The van der Waals surface area contributed by atoms with Crippen LogP contribution >= 0.6 is 0 Å². The van der Waals surface area contributed by atoms with Crippen LogP contribution in [0.1, 0.15) is 49.9 Å². The molecule has 2 unspecified atom stereocenters. The molecule has 3 fully saturated rings. The first-order valence-electron chi connectivity index (χ1n) is 13.3. The van der Waals surface area contributed by atoms with Gasteiger partial charge in [-0.25, -0.2) is 0 Å². The Kier molecular flexibility index (Phi) is 5.56. The van der Waals surface area contributed by atoms with Crippen LogP contribution in [0.3, 0.4) is 0 Å². The molecular formula is C30H35N3O2. The number of rotatable bonds is 3. The number of benzene rings is 3. The second-order valence-corrected chi connectivity index (χ2v) is 10.9. The van der Waals surface area contributed by atoms with Crippen molar-refractivity contribution in [2.75, 3.05) is 32.7 Å². The van der Waals surface area contributed by atoms with Crippen molar-refractivity contribution in [3.63, 3.8) is 0 Å². The number of nitrogens with zero attached hydrogens (tertiary/aromatic N) is 3. The van der Waals surface area contributed by atoms with Crippen molar-refractivity contribution in [2.24, 2.45) is 5.41 Å². The second-order valence-electron chi connectivity index (χ2n) is 10.9. The summed E-state index contributed by atoms with van der Waals surface area (Å²) in [5.74, 6) is 0.512. The Morgan fingerprint density at radius 3 is 2.20 bits per heavy atom. The molecule has 0 saturated carbocycles. The van der Waals surface area contributed by atoms with Crippen LogP contribution in [0.2, 0.25) is 0 Å². The Balaban J connectivity index is 1.19. The van der Waals surface area contributed by atoms with Crippen LogP contribution in [0.25, 0.3) is 21.5 Å². The smallest absolute Gasteiger partial charge is 0.255 e. The number of fused-ring (bicyclic) bond motifs is 2. The molecule has 6 rings (SSSR count). The highest BCUT2D eigenvalue weighted by Gasteiger charge is 2.53. The lowest BCUT2D eigenvalue weighted by atomic mass is 9.84.